The van der Waals surface area contributed by atoms with Crippen LogP contribution in [0.3, 0.4) is 0 Å². The smallest absolute Gasteiger partial charge is 0.231 e. The van der Waals surface area contributed by atoms with Crippen molar-refractivity contribution in [2.45, 2.75) is 26.3 Å². The van der Waals surface area contributed by atoms with Crippen LogP contribution in [0.1, 0.15) is 25.6 Å². The molecule has 0 aliphatic heterocycles. The first-order valence-corrected chi connectivity index (χ1v) is 9.38. The molecular weight excluding hydrogens is 426 g/mol. The van der Waals surface area contributed by atoms with Crippen LogP contribution in [0.15, 0.2) is 46.2 Å². The highest BCUT2D eigenvalue weighted by Crippen LogP contribution is 2.20. The maximum Gasteiger partial charge on any atom is 0.231 e. The van der Waals surface area contributed by atoms with Crippen molar-refractivity contribution in [3.63, 3.8) is 0 Å². The fourth-order valence-electron chi connectivity index (χ4n) is 2.92. The number of nitrogens with zero attached hydrogens (tertiary/aromatic N) is 6. The Kier molecular flexibility index (Phi) is 4.63. The van der Waals surface area contributed by atoms with E-state index in [-0.39, 0.29) is 29.5 Å². The van der Waals surface area contributed by atoms with Gasteiger partial charge in [0.15, 0.2) is 5.65 Å². The fraction of sp³-hybridized carbons (Fsp3) is 0.222. The number of amides is 1. The normalized spacial score (nSPS) is 11.4. The van der Waals surface area contributed by atoms with Gasteiger partial charge in [-0.15, -0.1) is 10.2 Å². The molecule has 0 saturated carbocycles. The summed E-state index contributed by atoms with van der Waals surface area (Å²) < 4.78 is 4.25. The maximum absolute atomic E-state index is 12.8. The topological polar surface area (TPSA) is 107 Å². The Balaban J connectivity index is 1.66. The lowest BCUT2D eigenvalue weighted by atomic mass is 10.1. The summed E-state index contributed by atoms with van der Waals surface area (Å²) in [4.78, 5) is 29.5. The number of fused-ring (bicyclic) bond motifs is 2. The summed E-state index contributed by atoms with van der Waals surface area (Å²) in [7, 11) is 0. The predicted molar refractivity (Wildman–Crippen MR) is 107 cm³/mol. The number of rotatable bonds is 4. The van der Waals surface area contributed by atoms with E-state index in [2.05, 4.69) is 41.5 Å². The Hall–Kier alpha value is -3.14. The Labute approximate surface area is 167 Å². The van der Waals surface area contributed by atoms with Crippen LogP contribution >= 0.6 is 15.9 Å². The monoisotopic (exact) mass is 441 g/mol. The maximum atomic E-state index is 12.8. The van der Waals surface area contributed by atoms with Crippen molar-refractivity contribution in [2.24, 2.45) is 0 Å². The first kappa shape index (κ1) is 18.2. The van der Waals surface area contributed by atoms with Gasteiger partial charge in [-0.05, 0) is 32.0 Å². The molecular formula is C18H16BrN7O2. The van der Waals surface area contributed by atoms with Crippen LogP contribution in [0.2, 0.25) is 0 Å². The number of halogens is 1. The van der Waals surface area contributed by atoms with E-state index in [1.54, 1.807) is 27.4 Å². The van der Waals surface area contributed by atoms with Crippen LogP contribution in [0.5, 0.6) is 0 Å². The molecule has 142 valence electrons. The minimum absolute atomic E-state index is 0.0250. The Morgan fingerprint density at radius 3 is 2.93 bits per heavy atom. The number of carbonyl (C=O) groups is 1. The number of hydrogen-bond acceptors (Lipinski definition) is 6. The summed E-state index contributed by atoms with van der Waals surface area (Å²) >= 11 is 3.43. The number of nitrogens with one attached hydrogen (secondary N) is 1. The molecule has 1 N–H and O–H groups in total. The SMILES string of the molecule is CC(C)n1nc(CC(=O)Nc2cn3cnnc3cn2)c(=O)c2ccc(Br)cc21. The van der Waals surface area contributed by atoms with Gasteiger partial charge in [-0.3, -0.25) is 18.7 Å². The number of anilines is 1. The largest absolute Gasteiger partial charge is 0.309 e. The van der Waals surface area contributed by atoms with Crippen molar-refractivity contribution in [1.82, 2.24) is 29.4 Å². The first-order chi connectivity index (χ1) is 13.4. The highest BCUT2D eigenvalue weighted by molar-refractivity contribution is 9.10. The molecule has 1 amide bonds. The zero-order valence-electron chi connectivity index (χ0n) is 15.1. The zero-order valence-corrected chi connectivity index (χ0v) is 16.7. The predicted octanol–water partition coefficient (Wildman–Crippen LogP) is 2.36. The van der Waals surface area contributed by atoms with Crippen molar-refractivity contribution in [2.75, 3.05) is 5.32 Å². The van der Waals surface area contributed by atoms with Crippen molar-refractivity contribution < 1.29 is 4.79 Å². The average Bonchev–Trinajstić information content (AvgIpc) is 3.11. The van der Waals surface area contributed by atoms with Gasteiger partial charge < -0.3 is 5.32 Å². The number of hydrogen-bond donors (Lipinski definition) is 1. The number of carbonyl (C=O) groups excluding carboxylic acids is 1. The third kappa shape index (κ3) is 3.38. The molecule has 0 unspecified atom stereocenters. The van der Waals surface area contributed by atoms with Gasteiger partial charge in [-0.1, -0.05) is 15.9 Å². The van der Waals surface area contributed by atoms with Crippen molar-refractivity contribution in [3.05, 3.63) is 57.3 Å². The Morgan fingerprint density at radius 2 is 2.14 bits per heavy atom. The van der Waals surface area contributed by atoms with Gasteiger partial charge >= 0.3 is 0 Å². The van der Waals surface area contributed by atoms with Crippen LogP contribution in [0.4, 0.5) is 5.82 Å². The summed E-state index contributed by atoms with van der Waals surface area (Å²) in [5.74, 6) is -0.0394. The standard InChI is InChI=1S/C18H16BrN7O2/c1-10(2)26-14-5-11(19)3-4-12(14)18(28)13(24-26)6-17(27)22-15-8-25-9-21-23-16(25)7-20-15/h3-5,7-10H,6H2,1-2H3,(H,22,27). The molecule has 0 saturated heterocycles. The van der Waals surface area contributed by atoms with Crippen LogP contribution in [-0.4, -0.2) is 35.3 Å². The second-order valence-corrected chi connectivity index (χ2v) is 7.49. The fourth-order valence-corrected chi connectivity index (χ4v) is 3.27. The first-order valence-electron chi connectivity index (χ1n) is 8.58. The highest BCUT2D eigenvalue weighted by atomic mass is 79.9. The van der Waals surface area contributed by atoms with E-state index in [1.807, 2.05) is 19.9 Å². The minimum atomic E-state index is -0.378. The molecule has 1 aromatic carbocycles. The molecule has 0 aliphatic carbocycles. The third-order valence-corrected chi connectivity index (χ3v) is 4.70. The number of aromatic nitrogens is 6. The summed E-state index contributed by atoms with van der Waals surface area (Å²) in [5, 5.41) is 15.3. The van der Waals surface area contributed by atoms with Crippen LogP contribution in [-0.2, 0) is 11.2 Å². The summed E-state index contributed by atoms with van der Waals surface area (Å²) in [6, 6.07) is 5.42. The number of benzene rings is 1. The molecule has 3 heterocycles. The molecule has 0 aliphatic rings. The van der Waals surface area contributed by atoms with Gasteiger partial charge in [-0.2, -0.15) is 5.10 Å². The van der Waals surface area contributed by atoms with E-state index < -0.39 is 0 Å². The lowest BCUT2D eigenvalue weighted by molar-refractivity contribution is -0.115. The minimum Gasteiger partial charge on any atom is -0.309 e. The molecule has 3 aromatic heterocycles. The zero-order chi connectivity index (χ0) is 19.8. The van der Waals surface area contributed by atoms with Gasteiger partial charge in [0.2, 0.25) is 11.3 Å². The lowest BCUT2D eigenvalue weighted by Crippen LogP contribution is -2.25. The highest BCUT2D eigenvalue weighted by Gasteiger charge is 2.16. The molecule has 0 atom stereocenters. The van der Waals surface area contributed by atoms with Crippen LogP contribution in [0.25, 0.3) is 16.6 Å². The van der Waals surface area contributed by atoms with E-state index in [9.17, 15) is 9.59 Å². The van der Waals surface area contributed by atoms with Gasteiger partial charge in [-0.25, -0.2) is 4.98 Å². The van der Waals surface area contributed by atoms with E-state index in [1.165, 1.54) is 12.5 Å². The molecule has 4 aromatic rings. The van der Waals surface area contributed by atoms with Crippen molar-refractivity contribution in [3.8, 4) is 0 Å². The second-order valence-electron chi connectivity index (χ2n) is 6.57. The van der Waals surface area contributed by atoms with Gasteiger partial charge in [0, 0.05) is 15.9 Å². The van der Waals surface area contributed by atoms with E-state index >= 15 is 0 Å². The summed E-state index contributed by atoms with van der Waals surface area (Å²) in [6.07, 6.45) is 4.46. The lowest BCUT2D eigenvalue weighted by Gasteiger charge is -2.15. The van der Waals surface area contributed by atoms with Crippen molar-refractivity contribution in [1.29, 1.82) is 0 Å². The molecule has 9 nitrogen and oxygen atoms in total. The van der Waals surface area contributed by atoms with Crippen molar-refractivity contribution >= 4 is 44.2 Å². The molecule has 4 rings (SSSR count). The molecule has 0 spiro atoms. The third-order valence-electron chi connectivity index (χ3n) is 4.21. The molecule has 0 fully saturated rings. The van der Waals surface area contributed by atoms with E-state index in [4.69, 9.17) is 0 Å². The average molecular weight is 442 g/mol. The molecule has 28 heavy (non-hydrogen) atoms. The Morgan fingerprint density at radius 1 is 1.32 bits per heavy atom. The molecule has 10 heteroatoms. The van der Waals surface area contributed by atoms with Crippen LogP contribution in [0, 0.1) is 0 Å². The molecule has 0 radical (unpaired) electrons. The van der Waals surface area contributed by atoms with E-state index in [0.29, 0.717) is 16.9 Å². The quantitative estimate of drug-likeness (QED) is 0.520. The second kappa shape index (κ2) is 7.12. The van der Waals surface area contributed by atoms with Gasteiger partial charge in [0.25, 0.3) is 0 Å². The van der Waals surface area contributed by atoms with E-state index in [0.717, 1.165) is 9.99 Å². The summed E-state index contributed by atoms with van der Waals surface area (Å²) in [6.45, 7) is 3.94. The van der Waals surface area contributed by atoms with Gasteiger partial charge in [0.1, 0.15) is 17.8 Å². The van der Waals surface area contributed by atoms with Gasteiger partial charge in [0.05, 0.1) is 24.3 Å². The summed E-state index contributed by atoms with van der Waals surface area (Å²) in [5.41, 5.74) is 1.22. The Bertz CT molecular complexity index is 1260. The van der Waals surface area contributed by atoms with Crippen LogP contribution < -0.4 is 10.7 Å². The molecule has 0 bridgehead atoms.